The van der Waals surface area contributed by atoms with Crippen LogP contribution >= 0.6 is 11.3 Å². The van der Waals surface area contributed by atoms with Crippen molar-refractivity contribution in [2.24, 2.45) is 0 Å². The summed E-state index contributed by atoms with van der Waals surface area (Å²) in [5.74, 6) is -0.129. The van der Waals surface area contributed by atoms with Crippen molar-refractivity contribution in [3.8, 4) is 0 Å². The summed E-state index contributed by atoms with van der Waals surface area (Å²) in [4.78, 5) is 11.6. The van der Waals surface area contributed by atoms with Gasteiger partial charge in [-0.1, -0.05) is 6.92 Å². The Kier molecular flexibility index (Phi) is 6.71. The predicted molar refractivity (Wildman–Crippen MR) is 99.2 cm³/mol. The van der Waals surface area contributed by atoms with E-state index in [4.69, 9.17) is 0 Å². The Hall–Kier alpha value is -1.74. The maximum Gasteiger partial charge on any atom is 0.240 e. The quantitative estimate of drug-likeness (QED) is 0.654. The van der Waals surface area contributed by atoms with Gasteiger partial charge in [-0.3, -0.25) is 4.79 Å². The van der Waals surface area contributed by atoms with Crippen LogP contribution in [0.25, 0.3) is 0 Å². The molecule has 3 N–H and O–H groups in total. The Balaban J connectivity index is 2.00. The van der Waals surface area contributed by atoms with E-state index in [0.717, 1.165) is 5.56 Å². The van der Waals surface area contributed by atoms with Crippen molar-refractivity contribution >= 4 is 33.0 Å². The molecule has 6 nitrogen and oxygen atoms in total. The zero-order valence-corrected chi connectivity index (χ0v) is 15.8. The van der Waals surface area contributed by atoms with Crippen LogP contribution in [-0.4, -0.2) is 26.0 Å². The molecule has 1 heterocycles. The lowest BCUT2D eigenvalue weighted by Crippen LogP contribution is -2.26. The van der Waals surface area contributed by atoms with Gasteiger partial charge < -0.3 is 10.4 Å². The normalized spacial score (nSPS) is 12.8. The van der Waals surface area contributed by atoms with Crippen molar-refractivity contribution in [2.75, 3.05) is 11.9 Å². The van der Waals surface area contributed by atoms with Crippen LogP contribution in [0.15, 0.2) is 39.9 Å². The lowest BCUT2D eigenvalue weighted by Gasteiger charge is -2.13. The van der Waals surface area contributed by atoms with E-state index in [2.05, 4.69) is 10.0 Å². The van der Waals surface area contributed by atoms with Crippen molar-refractivity contribution in [3.63, 3.8) is 0 Å². The van der Waals surface area contributed by atoms with Gasteiger partial charge in [0.15, 0.2) is 0 Å². The SMILES string of the molecule is CCC(=O)Nc1ccc(S(=O)(=O)NCCC(O)c2ccsc2)c(C)c1. The molecule has 136 valence electrons. The summed E-state index contributed by atoms with van der Waals surface area (Å²) in [6.45, 7) is 3.55. The number of rotatable bonds is 8. The molecule has 0 fully saturated rings. The summed E-state index contributed by atoms with van der Waals surface area (Å²) in [5, 5.41) is 16.4. The molecule has 2 aromatic rings. The molecule has 0 aliphatic carbocycles. The third kappa shape index (κ3) is 5.37. The van der Waals surface area contributed by atoms with Gasteiger partial charge in [-0.25, -0.2) is 13.1 Å². The van der Waals surface area contributed by atoms with Crippen molar-refractivity contribution in [2.45, 2.75) is 37.7 Å². The molecule has 1 atom stereocenters. The highest BCUT2D eigenvalue weighted by Gasteiger charge is 2.18. The minimum absolute atomic E-state index is 0.129. The number of benzene rings is 1. The average molecular weight is 383 g/mol. The first-order chi connectivity index (χ1) is 11.8. The van der Waals surface area contributed by atoms with Crippen LogP contribution in [-0.2, 0) is 14.8 Å². The van der Waals surface area contributed by atoms with Crippen molar-refractivity contribution < 1.29 is 18.3 Å². The number of aliphatic hydroxyl groups is 1. The summed E-state index contributed by atoms with van der Waals surface area (Å²) in [5.41, 5.74) is 1.90. The standard InChI is InChI=1S/C17H22N2O4S2/c1-3-17(21)19-14-4-5-16(12(2)10-14)25(22,23)18-8-6-15(20)13-7-9-24-11-13/h4-5,7,9-11,15,18,20H,3,6,8H2,1-2H3,(H,19,21). The molecule has 0 bridgehead atoms. The van der Waals surface area contributed by atoms with Gasteiger partial charge in [0.05, 0.1) is 11.0 Å². The maximum absolute atomic E-state index is 12.4. The monoisotopic (exact) mass is 382 g/mol. The fraction of sp³-hybridized carbons (Fsp3) is 0.353. The van der Waals surface area contributed by atoms with Crippen LogP contribution in [0.3, 0.4) is 0 Å². The summed E-state index contributed by atoms with van der Waals surface area (Å²) in [6.07, 6.45) is -0.0473. The number of carbonyl (C=O) groups is 1. The smallest absolute Gasteiger partial charge is 0.240 e. The number of hydrogen-bond acceptors (Lipinski definition) is 5. The maximum atomic E-state index is 12.4. The van der Waals surface area contributed by atoms with Crippen LogP contribution in [0.4, 0.5) is 5.69 Å². The summed E-state index contributed by atoms with van der Waals surface area (Å²) < 4.78 is 27.4. The second-order valence-electron chi connectivity index (χ2n) is 5.64. The number of nitrogens with one attached hydrogen (secondary N) is 2. The van der Waals surface area contributed by atoms with Gasteiger partial charge in [0.2, 0.25) is 15.9 Å². The molecule has 1 amide bonds. The van der Waals surface area contributed by atoms with E-state index in [-0.39, 0.29) is 17.3 Å². The highest BCUT2D eigenvalue weighted by molar-refractivity contribution is 7.89. The zero-order valence-electron chi connectivity index (χ0n) is 14.2. The Morgan fingerprint density at radius 2 is 2.08 bits per heavy atom. The molecular formula is C17H22N2O4S2. The largest absolute Gasteiger partial charge is 0.388 e. The summed E-state index contributed by atoms with van der Waals surface area (Å²) in [6, 6.07) is 6.48. The molecule has 1 unspecified atom stereocenters. The first-order valence-corrected chi connectivity index (χ1v) is 10.4. The predicted octanol–water partition coefficient (Wildman–Crippen LogP) is 2.81. The third-order valence-corrected chi connectivity index (χ3v) is 6.03. The Bertz CT molecular complexity index is 817. The third-order valence-electron chi connectivity index (χ3n) is 3.71. The van der Waals surface area contributed by atoms with Gasteiger partial charge in [0.25, 0.3) is 0 Å². The minimum Gasteiger partial charge on any atom is -0.388 e. The van der Waals surface area contributed by atoms with E-state index in [1.54, 1.807) is 26.0 Å². The Morgan fingerprint density at radius 3 is 2.68 bits per heavy atom. The average Bonchev–Trinajstić information content (AvgIpc) is 3.08. The first kappa shape index (κ1) is 19.6. The topological polar surface area (TPSA) is 95.5 Å². The van der Waals surface area contributed by atoms with Crippen LogP contribution in [0.5, 0.6) is 0 Å². The van der Waals surface area contributed by atoms with Crippen LogP contribution in [0.2, 0.25) is 0 Å². The number of aryl methyl sites for hydroxylation is 1. The molecule has 8 heteroatoms. The van der Waals surface area contributed by atoms with E-state index < -0.39 is 16.1 Å². The van der Waals surface area contributed by atoms with E-state index in [9.17, 15) is 18.3 Å². The molecule has 2 rings (SSSR count). The number of hydrogen-bond donors (Lipinski definition) is 3. The zero-order chi connectivity index (χ0) is 18.4. The van der Waals surface area contributed by atoms with E-state index in [0.29, 0.717) is 24.1 Å². The molecule has 0 saturated heterocycles. The Morgan fingerprint density at radius 1 is 1.32 bits per heavy atom. The van der Waals surface area contributed by atoms with Crippen LogP contribution < -0.4 is 10.0 Å². The molecule has 0 aliphatic heterocycles. The van der Waals surface area contributed by atoms with E-state index >= 15 is 0 Å². The fourth-order valence-corrected chi connectivity index (χ4v) is 4.30. The van der Waals surface area contributed by atoms with Gasteiger partial charge >= 0.3 is 0 Å². The van der Waals surface area contributed by atoms with E-state index in [1.165, 1.54) is 17.4 Å². The van der Waals surface area contributed by atoms with Crippen molar-refractivity contribution in [1.29, 1.82) is 0 Å². The second kappa shape index (κ2) is 8.57. The van der Waals surface area contributed by atoms with E-state index in [1.807, 2.05) is 16.8 Å². The second-order valence-corrected chi connectivity index (χ2v) is 8.16. The highest BCUT2D eigenvalue weighted by Crippen LogP contribution is 2.21. The van der Waals surface area contributed by atoms with Crippen LogP contribution in [0.1, 0.15) is 37.0 Å². The number of thiophene rings is 1. The number of aliphatic hydroxyl groups excluding tert-OH is 1. The van der Waals surface area contributed by atoms with Crippen LogP contribution in [0, 0.1) is 6.92 Å². The molecule has 1 aromatic carbocycles. The Labute approximate surface area is 151 Å². The number of sulfonamides is 1. The van der Waals surface area contributed by atoms with Gasteiger partial charge in [0, 0.05) is 18.7 Å². The van der Waals surface area contributed by atoms with Crippen molar-refractivity contribution in [1.82, 2.24) is 4.72 Å². The molecule has 25 heavy (non-hydrogen) atoms. The number of amides is 1. The molecule has 1 aromatic heterocycles. The highest BCUT2D eigenvalue weighted by atomic mass is 32.2. The lowest BCUT2D eigenvalue weighted by atomic mass is 10.1. The van der Waals surface area contributed by atoms with Crippen molar-refractivity contribution in [3.05, 3.63) is 46.2 Å². The van der Waals surface area contributed by atoms with Gasteiger partial charge in [-0.15, -0.1) is 0 Å². The fourth-order valence-electron chi connectivity index (χ4n) is 2.32. The first-order valence-electron chi connectivity index (χ1n) is 7.94. The molecular weight excluding hydrogens is 360 g/mol. The molecule has 0 aliphatic rings. The number of anilines is 1. The van der Waals surface area contributed by atoms with Gasteiger partial charge in [0.1, 0.15) is 0 Å². The molecule has 0 saturated carbocycles. The number of carbonyl (C=O) groups excluding carboxylic acids is 1. The molecule has 0 spiro atoms. The van der Waals surface area contributed by atoms with Gasteiger partial charge in [-0.2, -0.15) is 11.3 Å². The lowest BCUT2D eigenvalue weighted by molar-refractivity contribution is -0.115. The summed E-state index contributed by atoms with van der Waals surface area (Å²) >= 11 is 1.48. The minimum atomic E-state index is -3.68. The van der Waals surface area contributed by atoms with Gasteiger partial charge in [-0.05, 0) is 59.5 Å². The molecule has 0 radical (unpaired) electrons. The summed E-state index contributed by atoms with van der Waals surface area (Å²) in [7, 11) is -3.68.